The van der Waals surface area contributed by atoms with Crippen LogP contribution in [0.15, 0.2) is 23.5 Å². The van der Waals surface area contributed by atoms with Crippen molar-refractivity contribution in [1.82, 2.24) is 0 Å². The molecule has 2 N–H and O–H groups in total. The molecule has 0 saturated heterocycles. The zero-order valence-corrected chi connectivity index (χ0v) is 7.36. The van der Waals surface area contributed by atoms with Crippen molar-refractivity contribution >= 4 is 5.97 Å². The molecule has 0 saturated carbocycles. The molecule has 1 atom stereocenters. The zero-order chi connectivity index (χ0) is 9.84. The van der Waals surface area contributed by atoms with Gasteiger partial charge in [-0.25, -0.2) is 4.79 Å². The maximum atomic E-state index is 10.1. The predicted molar refractivity (Wildman–Crippen MR) is 46.1 cm³/mol. The van der Waals surface area contributed by atoms with E-state index < -0.39 is 12.1 Å². The number of aliphatic hydroxyl groups is 1. The number of carboxylic acid groups (broad SMARTS) is 1. The van der Waals surface area contributed by atoms with E-state index in [1.165, 1.54) is 6.08 Å². The molecule has 0 spiro atoms. The van der Waals surface area contributed by atoms with Gasteiger partial charge in [0.25, 0.3) is 0 Å². The highest BCUT2D eigenvalue weighted by molar-refractivity contribution is 5.79. The first kappa shape index (κ1) is 9.80. The molecule has 1 heterocycles. The SMILES string of the molecule is CCC1=C(C(O)C=CC(=O)O)OC1. The van der Waals surface area contributed by atoms with Crippen LogP contribution in [0.1, 0.15) is 13.3 Å². The van der Waals surface area contributed by atoms with Crippen LogP contribution >= 0.6 is 0 Å². The van der Waals surface area contributed by atoms with Gasteiger partial charge in [0.2, 0.25) is 0 Å². The number of rotatable bonds is 4. The summed E-state index contributed by atoms with van der Waals surface area (Å²) in [6.07, 6.45) is 2.02. The summed E-state index contributed by atoms with van der Waals surface area (Å²) < 4.78 is 5.01. The maximum absolute atomic E-state index is 10.1. The Morgan fingerprint density at radius 2 is 2.46 bits per heavy atom. The number of aliphatic carboxylic acids is 1. The first-order valence-electron chi connectivity index (χ1n) is 4.09. The summed E-state index contributed by atoms with van der Waals surface area (Å²) in [5.41, 5.74) is 1.04. The molecule has 0 aromatic rings. The van der Waals surface area contributed by atoms with Gasteiger partial charge >= 0.3 is 5.97 Å². The Morgan fingerprint density at radius 3 is 2.85 bits per heavy atom. The van der Waals surface area contributed by atoms with Crippen molar-refractivity contribution in [3.63, 3.8) is 0 Å². The number of hydrogen-bond donors (Lipinski definition) is 2. The second-order valence-electron chi connectivity index (χ2n) is 2.75. The first-order chi connectivity index (χ1) is 6.15. The fourth-order valence-corrected chi connectivity index (χ4v) is 1.09. The van der Waals surface area contributed by atoms with Gasteiger partial charge in [0.05, 0.1) is 0 Å². The molecule has 0 fully saturated rings. The van der Waals surface area contributed by atoms with Crippen LogP contribution in [0.3, 0.4) is 0 Å². The minimum absolute atomic E-state index is 0.500. The normalized spacial score (nSPS) is 18.3. The van der Waals surface area contributed by atoms with Crippen LogP contribution in [0.4, 0.5) is 0 Å². The molecule has 4 nitrogen and oxygen atoms in total. The zero-order valence-electron chi connectivity index (χ0n) is 7.36. The third kappa shape index (κ3) is 2.32. The van der Waals surface area contributed by atoms with E-state index >= 15 is 0 Å². The fourth-order valence-electron chi connectivity index (χ4n) is 1.09. The lowest BCUT2D eigenvalue weighted by Gasteiger charge is -2.26. The fraction of sp³-hybridized carbons (Fsp3) is 0.444. The maximum Gasteiger partial charge on any atom is 0.328 e. The van der Waals surface area contributed by atoms with Crippen LogP contribution in [0, 0.1) is 0 Å². The van der Waals surface area contributed by atoms with E-state index in [2.05, 4.69) is 0 Å². The van der Waals surface area contributed by atoms with Crippen molar-refractivity contribution in [2.24, 2.45) is 0 Å². The van der Waals surface area contributed by atoms with Gasteiger partial charge in [-0.1, -0.05) is 6.92 Å². The lowest BCUT2D eigenvalue weighted by atomic mass is 10.1. The highest BCUT2D eigenvalue weighted by Gasteiger charge is 2.22. The number of carbonyl (C=O) groups is 1. The molecule has 1 aliphatic rings. The summed E-state index contributed by atoms with van der Waals surface area (Å²) in [4.78, 5) is 10.1. The molecular formula is C9H12O4. The van der Waals surface area contributed by atoms with Gasteiger partial charge in [0, 0.05) is 11.6 Å². The summed E-state index contributed by atoms with van der Waals surface area (Å²) in [5, 5.41) is 17.7. The molecule has 0 bridgehead atoms. The molecule has 0 aromatic heterocycles. The summed E-state index contributed by atoms with van der Waals surface area (Å²) in [6.45, 7) is 2.51. The Hall–Kier alpha value is -1.29. The molecule has 0 aliphatic carbocycles. The van der Waals surface area contributed by atoms with Crippen molar-refractivity contribution in [2.45, 2.75) is 19.4 Å². The summed E-state index contributed by atoms with van der Waals surface area (Å²) in [5.74, 6) is -0.572. The standard InChI is InChI=1S/C9H12O4/c1-2-6-5-13-9(6)7(10)3-4-8(11)12/h3-4,7,10H,2,5H2,1H3,(H,11,12). The molecule has 1 aliphatic heterocycles. The van der Waals surface area contributed by atoms with Gasteiger partial charge in [0.15, 0.2) is 0 Å². The van der Waals surface area contributed by atoms with E-state index in [0.717, 1.165) is 18.1 Å². The minimum Gasteiger partial charge on any atom is -0.490 e. The smallest absolute Gasteiger partial charge is 0.328 e. The van der Waals surface area contributed by atoms with Gasteiger partial charge in [-0.2, -0.15) is 0 Å². The van der Waals surface area contributed by atoms with Gasteiger partial charge in [0.1, 0.15) is 18.5 Å². The van der Waals surface area contributed by atoms with Crippen LogP contribution in [0.5, 0.6) is 0 Å². The van der Waals surface area contributed by atoms with Gasteiger partial charge in [-0.3, -0.25) is 0 Å². The topological polar surface area (TPSA) is 66.8 Å². The number of hydrogen-bond acceptors (Lipinski definition) is 3. The third-order valence-corrected chi connectivity index (χ3v) is 1.87. The summed E-state index contributed by atoms with van der Waals surface area (Å²) in [6, 6.07) is 0. The van der Waals surface area contributed by atoms with E-state index in [1.807, 2.05) is 6.92 Å². The first-order valence-corrected chi connectivity index (χ1v) is 4.09. The van der Waals surface area contributed by atoms with E-state index in [0.29, 0.717) is 12.4 Å². The lowest BCUT2D eigenvalue weighted by molar-refractivity contribution is -0.131. The largest absolute Gasteiger partial charge is 0.490 e. The Labute approximate surface area is 76.1 Å². The predicted octanol–water partition coefficient (Wildman–Crippen LogP) is 0.682. The van der Waals surface area contributed by atoms with Crippen LogP contribution < -0.4 is 0 Å². The minimum atomic E-state index is -1.07. The molecule has 13 heavy (non-hydrogen) atoms. The Bertz CT molecular complexity index is 265. The highest BCUT2D eigenvalue weighted by atomic mass is 16.5. The molecule has 72 valence electrons. The Kier molecular flexibility index (Phi) is 3.08. The van der Waals surface area contributed by atoms with Crippen LogP contribution in [-0.4, -0.2) is 28.9 Å². The van der Waals surface area contributed by atoms with Crippen molar-refractivity contribution in [2.75, 3.05) is 6.61 Å². The van der Waals surface area contributed by atoms with Crippen LogP contribution in [0.25, 0.3) is 0 Å². The average Bonchev–Trinajstić information content (AvgIpc) is 2.00. The second kappa shape index (κ2) is 4.09. The van der Waals surface area contributed by atoms with Gasteiger partial charge < -0.3 is 14.9 Å². The second-order valence-corrected chi connectivity index (χ2v) is 2.75. The molecule has 1 unspecified atom stereocenters. The van der Waals surface area contributed by atoms with Crippen molar-refractivity contribution < 1.29 is 19.7 Å². The van der Waals surface area contributed by atoms with E-state index in [9.17, 15) is 9.90 Å². The number of ether oxygens (including phenoxy) is 1. The number of carboxylic acids is 1. The molecule has 0 radical (unpaired) electrons. The monoisotopic (exact) mass is 184 g/mol. The van der Waals surface area contributed by atoms with Crippen molar-refractivity contribution in [1.29, 1.82) is 0 Å². The van der Waals surface area contributed by atoms with Gasteiger partial charge in [-0.15, -0.1) is 0 Å². The summed E-state index contributed by atoms with van der Waals surface area (Å²) >= 11 is 0. The molecule has 4 heteroatoms. The average molecular weight is 184 g/mol. The Morgan fingerprint density at radius 1 is 1.77 bits per heavy atom. The Balaban J connectivity index is 2.58. The summed E-state index contributed by atoms with van der Waals surface area (Å²) in [7, 11) is 0. The molecular weight excluding hydrogens is 172 g/mol. The van der Waals surface area contributed by atoms with E-state index in [-0.39, 0.29) is 0 Å². The lowest BCUT2D eigenvalue weighted by Crippen LogP contribution is -2.23. The van der Waals surface area contributed by atoms with Crippen LogP contribution in [0.2, 0.25) is 0 Å². The van der Waals surface area contributed by atoms with Gasteiger partial charge in [-0.05, 0) is 12.5 Å². The molecule has 0 aromatic carbocycles. The molecule has 1 rings (SSSR count). The quantitative estimate of drug-likeness (QED) is 0.630. The van der Waals surface area contributed by atoms with E-state index in [1.54, 1.807) is 0 Å². The third-order valence-electron chi connectivity index (χ3n) is 1.87. The van der Waals surface area contributed by atoms with Crippen molar-refractivity contribution in [3.8, 4) is 0 Å². The van der Waals surface area contributed by atoms with Crippen LogP contribution in [-0.2, 0) is 9.53 Å². The van der Waals surface area contributed by atoms with E-state index in [4.69, 9.17) is 9.84 Å². The highest BCUT2D eigenvalue weighted by Crippen LogP contribution is 2.24. The van der Waals surface area contributed by atoms with Crippen molar-refractivity contribution in [3.05, 3.63) is 23.5 Å². The molecule has 0 amide bonds. The number of aliphatic hydroxyl groups excluding tert-OH is 1.